The smallest absolute Gasteiger partial charge is 0.0795 e. The van der Waals surface area contributed by atoms with E-state index in [1.165, 1.54) is 0 Å². The molecule has 0 aliphatic heterocycles. The van der Waals surface area contributed by atoms with Crippen molar-refractivity contribution in [1.82, 2.24) is 0 Å². The van der Waals surface area contributed by atoms with Crippen LogP contribution in [-0.2, 0) is 5.41 Å². The van der Waals surface area contributed by atoms with Crippen molar-refractivity contribution < 1.29 is 0 Å². The van der Waals surface area contributed by atoms with E-state index in [9.17, 15) is 0 Å². The molecule has 1 aromatic rings. The van der Waals surface area contributed by atoms with Gasteiger partial charge in [-0.15, -0.1) is 0 Å². The SMILES string of the molecule is CCC(C)(C#N)c1cccc(N)c1C. The van der Waals surface area contributed by atoms with Gasteiger partial charge in [0.1, 0.15) is 0 Å². The van der Waals surface area contributed by atoms with Crippen LogP contribution in [0.15, 0.2) is 18.2 Å². The van der Waals surface area contributed by atoms with Gasteiger partial charge in [-0.1, -0.05) is 19.1 Å². The Morgan fingerprint density at radius 2 is 2.14 bits per heavy atom. The Morgan fingerprint density at radius 3 is 2.64 bits per heavy atom. The summed E-state index contributed by atoms with van der Waals surface area (Å²) in [6.07, 6.45) is 0.799. The molecule has 0 saturated carbocycles. The molecule has 14 heavy (non-hydrogen) atoms. The summed E-state index contributed by atoms with van der Waals surface area (Å²) in [5.41, 5.74) is 8.23. The molecule has 0 aromatic heterocycles. The second-order valence-electron chi connectivity index (χ2n) is 3.82. The molecule has 1 unspecified atom stereocenters. The first kappa shape index (κ1) is 10.6. The zero-order valence-corrected chi connectivity index (χ0v) is 8.96. The van der Waals surface area contributed by atoms with Crippen LogP contribution >= 0.6 is 0 Å². The van der Waals surface area contributed by atoms with Crippen molar-refractivity contribution in [3.63, 3.8) is 0 Å². The van der Waals surface area contributed by atoms with E-state index in [0.717, 1.165) is 23.2 Å². The highest BCUT2D eigenvalue weighted by Crippen LogP contribution is 2.31. The fourth-order valence-electron chi connectivity index (χ4n) is 1.58. The Labute approximate surface area is 85.4 Å². The third-order valence-electron chi connectivity index (χ3n) is 2.92. The van der Waals surface area contributed by atoms with Gasteiger partial charge in [-0.3, -0.25) is 0 Å². The molecule has 1 rings (SSSR count). The van der Waals surface area contributed by atoms with Gasteiger partial charge in [-0.05, 0) is 37.5 Å². The van der Waals surface area contributed by atoms with Crippen LogP contribution in [0.3, 0.4) is 0 Å². The molecule has 1 atom stereocenters. The second kappa shape index (κ2) is 3.71. The topological polar surface area (TPSA) is 49.8 Å². The maximum absolute atomic E-state index is 9.16. The number of benzene rings is 1. The summed E-state index contributed by atoms with van der Waals surface area (Å²) in [5.74, 6) is 0. The van der Waals surface area contributed by atoms with Crippen molar-refractivity contribution in [2.75, 3.05) is 5.73 Å². The van der Waals surface area contributed by atoms with Gasteiger partial charge >= 0.3 is 0 Å². The van der Waals surface area contributed by atoms with E-state index in [-0.39, 0.29) is 0 Å². The van der Waals surface area contributed by atoms with E-state index in [0.29, 0.717) is 0 Å². The Hall–Kier alpha value is -1.49. The van der Waals surface area contributed by atoms with E-state index < -0.39 is 5.41 Å². The van der Waals surface area contributed by atoms with Crippen molar-refractivity contribution >= 4 is 5.69 Å². The first-order valence-corrected chi connectivity index (χ1v) is 4.82. The van der Waals surface area contributed by atoms with Crippen LogP contribution in [0.4, 0.5) is 5.69 Å². The minimum absolute atomic E-state index is 0.417. The van der Waals surface area contributed by atoms with Crippen LogP contribution in [0, 0.1) is 18.3 Å². The summed E-state index contributed by atoms with van der Waals surface area (Å²) in [7, 11) is 0. The first-order chi connectivity index (χ1) is 6.55. The molecule has 0 bridgehead atoms. The van der Waals surface area contributed by atoms with Crippen LogP contribution in [0.2, 0.25) is 0 Å². The highest BCUT2D eigenvalue weighted by atomic mass is 14.6. The Bertz CT molecular complexity index is 376. The molecular formula is C12H16N2. The van der Waals surface area contributed by atoms with Gasteiger partial charge in [-0.25, -0.2) is 0 Å². The normalized spacial score (nSPS) is 14.4. The fraction of sp³-hybridized carbons (Fsp3) is 0.417. The van der Waals surface area contributed by atoms with Crippen molar-refractivity contribution in [2.45, 2.75) is 32.6 Å². The number of nitriles is 1. The first-order valence-electron chi connectivity index (χ1n) is 4.82. The van der Waals surface area contributed by atoms with Crippen LogP contribution in [0.5, 0.6) is 0 Å². The Balaban J connectivity index is 3.33. The number of nitrogen functional groups attached to an aromatic ring is 1. The lowest BCUT2D eigenvalue weighted by atomic mass is 9.79. The van der Waals surface area contributed by atoms with E-state index >= 15 is 0 Å². The lowest BCUT2D eigenvalue weighted by Gasteiger charge is -2.22. The van der Waals surface area contributed by atoms with Crippen molar-refractivity contribution in [3.8, 4) is 6.07 Å². The Morgan fingerprint density at radius 1 is 1.50 bits per heavy atom. The van der Waals surface area contributed by atoms with Crippen molar-refractivity contribution in [3.05, 3.63) is 29.3 Å². The number of rotatable bonds is 2. The van der Waals surface area contributed by atoms with Crippen LogP contribution in [-0.4, -0.2) is 0 Å². The number of nitrogens with two attached hydrogens (primary N) is 1. The average Bonchev–Trinajstić information content (AvgIpc) is 2.21. The zero-order valence-electron chi connectivity index (χ0n) is 8.96. The minimum Gasteiger partial charge on any atom is -0.399 e. The number of hydrogen-bond donors (Lipinski definition) is 1. The molecule has 0 fully saturated rings. The van der Waals surface area contributed by atoms with Gasteiger partial charge in [0.2, 0.25) is 0 Å². The molecule has 0 aliphatic rings. The molecule has 0 heterocycles. The second-order valence-corrected chi connectivity index (χ2v) is 3.82. The highest BCUT2D eigenvalue weighted by molar-refractivity contribution is 5.53. The molecular weight excluding hydrogens is 172 g/mol. The maximum atomic E-state index is 9.16. The highest BCUT2D eigenvalue weighted by Gasteiger charge is 2.26. The Kier molecular flexibility index (Phi) is 2.81. The van der Waals surface area contributed by atoms with Crippen LogP contribution in [0.1, 0.15) is 31.4 Å². The fourth-order valence-corrected chi connectivity index (χ4v) is 1.58. The maximum Gasteiger partial charge on any atom is 0.0795 e. The quantitative estimate of drug-likeness (QED) is 0.725. The molecule has 0 radical (unpaired) electrons. The summed E-state index contributed by atoms with van der Waals surface area (Å²) >= 11 is 0. The molecule has 0 saturated heterocycles. The molecule has 1 aromatic carbocycles. The lowest BCUT2D eigenvalue weighted by molar-refractivity contribution is 0.584. The van der Waals surface area contributed by atoms with Gasteiger partial charge in [0, 0.05) is 5.69 Å². The summed E-state index contributed by atoms with van der Waals surface area (Å²) < 4.78 is 0. The molecule has 2 nitrogen and oxygen atoms in total. The molecule has 0 spiro atoms. The van der Waals surface area contributed by atoms with E-state index in [1.54, 1.807) is 0 Å². The average molecular weight is 188 g/mol. The van der Waals surface area contributed by atoms with E-state index in [1.807, 2.05) is 39.0 Å². The van der Waals surface area contributed by atoms with Crippen molar-refractivity contribution in [2.24, 2.45) is 0 Å². The molecule has 0 amide bonds. The number of nitrogens with zero attached hydrogens (tertiary/aromatic N) is 1. The zero-order chi connectivity index (χ0) is 10.8. The van der Waals surface area contributed by atoms with Gasteiger partial charge in [-0.2, -0.15) is 5.26 Å². The minimum atomic E-state index is -0.417. The van der Waals surface area contributed by atoms with Crippen LogP contribution < -0.4 is 5.73 Å². The standard InChI is InChI=1S/C12H16N2/c1-4-12(3,8-13)10-6-5-7-11(14)9(10)2/h5-7H,4,14H2,1-3H3. The van der Waals surface area contributed by atoms with E-state index in [2.05, 4.69) is 6.07 Å². The van der Waals surface area contributed by atoms with Gasteiger partial charge in [0.05, 0.1) is 11.5 Å². The van der Waals surface area contributed by atoms with Gasteiger partial charge in [0.25, 0.3) is 0 Å². The monoisotopic (exact) mass is 188 g/mol. The predicted octanol–water partition coefficient (Wildman–Crippen LogP) is 2.77. The summed E-state index contributed by atoms with van der Waals surface area (Å²) in [4.78, 5) is 0. The van der Waals surface area contributed by atoms with Gasteiger partial charge in [0.15, 0.2) is 0 Å². The summed E-state index contributed by atoms with van der Waals surface area (Å²) in [5, 5.41) is 9.16. The van der Waals surface area contributed by atoms with Gasteiger partial charge < -0.3 is 5.73 Å². The molecule has 2 N–H and O–H groups in total. The number of anilines is 1. The molecule has 74 valence electrons. The summed E-state index contributed by atoms with van der Waals surface area (Å²) in [6.45, 7) is 5.94. The van der Waals surface area contributed by atoms with Crippen LogP contribution in [0.25, 0.3) is 0 Å². The predicted molar refractivity (Wildman–Crippen MR) is 58.8 cm³/mol. The number of hydrogen-bond acceptors (Lipinski definition) is 2. The summed E-state index contributed by atoms with van der Waals surface area (Å²) in [6, 6.07) is 8.11. The molecule has 0 aliphatic carbocycles. The van der Waals surface area contributed by atoms with Crippen molar-refractivity contribution in [1.29, 1.82) is 5.26 Å². The third kappa shape index (κ3) is 1.58. The third-order valence-corrected chi connectivity index (χ3v) is 2.92. The molecule has 2 heteroatoms. The lowest BCUT2D eigenvalue weighted by Crippen LogP contribution is -2.20. The van der Waals surface area contributed by atoms with E-state index in [4.69, 9.17) is 11.0 Å². The largest absolute Gasteiger partial charge is 0.399 e.